The first-order chi connectivity index (χ1) is 8.56. The standard InChI is InChI=1S/C13H16N4O/c1-8(2)18-10-5-3-9(4-6-10)11-7-16-13(15)17-12(11)14/h3-8H,1-2H3,(H4,14,15,16,17). The predicted octanol–water partition coefficient (Wildman–Crippen LogP) is 2.10. The lowest BCUT2D eigenvalue weighted by molar-refractivity contribution is 0.242. The molecule has 1 heterocycles. The first-order valence-electron chi connectivity index (χ1n) is 5.71. The van der Waals surface area contributed by atoms with E-state index in [1.807, 2.05) is 38.1 Å². The maximum Gasteiger partial charge on any atom is 0.221 e. The second-order valence-corrected chi connectivity index (χ2v) is 4.22. The third-order valence-corrected chi connectivity index (χ3v) is 2.37. The molecule has 5 nitrogen and oxygen atoms in total. The Morgan fingerprint density at radius 2 is 1.78 bits per heavy atom. The lowest BCUT2D eigenvalue weighted by Gasteiger charge is -2.10. The van der Waals surface area contributed by atoms with Gasteiger partial charge >= 0.3 is 0 Å². The SMILES string of the molecule is CC(C)Oc1ccc(-c2cnc(N)nc2N)cc1. The van der Waals surface area contributed by atoms with Gasteiger partial charge in [0, 0.05) is 11.8 Å². The van der Waals surface area contributed by atoms with Crippen LogP contribution in [0.1, 0.15) is 13.8 Å². The van der Waals surface area contributed by atoms with E-state index >= 15 is 0 Å². The molecule has 0 radical (unpaired) electrons. The molecular weight excluding hydrogens is 228 g/mol. The van der Waals surface area contributed by atoms with Gasteiger partial charge in [0.05, 0.1) is 6.10 Å². The number of nitrogen functional groups attached to an aromatic ring is 2. The second-order valence-electron chi connectivity index (χ2n) is 4.22. The average Bonchev–Trinajstić information content (AvgIpc) is 2.30. The monoisotopic (exact) mass is 244 g/mol. The van der Waals surface area contributed by atoms with E-state index in [1.54, 1.807) is 6.20 Å². The van der Waals surface area contributed by atoms with Gasteiger partial charge in [-0.2, -0.15) is 4.98 Å². The molecule has 0 spiro atoms. The van der Waals surface area contributed by atoms with Crippen LogP contribution in [0.4, 0.5) is 11.8 Å². The highest BCUT2D eigenvalue weighted by atomic mass is 16.5. The van der Waals surface area contributed by atoms with E-state index in [0.717, 1.165) is 16.9 Å². The number of benzene rings is 1. The van der Waals surface area contributed by atoms with E-state index in [0.29, 0.717) is 5.82 Å². The third-order valence-electron chi connectivity index (χ3n) is 2.37. The maximum atomic E-state index is 5.81. The van der Waals surface area contributed by atoms with E-state index in [2.05, 4.69) is 9.97 Å². The number of nitrogens with two attached hydrogens (primary N) is 2. The summed E-state index contributed by atoms with van der Waals surface area (Å²) in [5.74, 6) is 1.37. The molecule has 1 aromatic carbocycles. The summed E-state index contributed by atoms with van der Waals surface area (Å²) >= 11 is 0. The third kappa shape index (κ3) is 2.68. The smallest absolute Gasteiger partial charge is 0.221 e. The summed E-state index contributed by atoms with van der Waals surface area (Å²) in [4.78, 5) is 7.88. The van der Waals surface area contributed by atoms with Crippen LogP contribution in [-0.2, 0) is 0 Å². The van der Waals surface area contributed by atoms with Crippen molar-refractivity contribution in [2.24, 2.45) is 0 Å². The Bertz CT molecular complexity index is 537. The zero-order valence-electron chi connectivity index (χ0n) is 10.4. The zero-order chi connectivity index (χ0) is 13.1. The van der Waals surface area contributed by atoms with Crippen molar-refractivity contribution in [2.75, 3.05) is 11.5 Å². The second kappa shape index (κ2) is 4.91. The van der Waals surface area contributed by atoms with Gasteiger partial charge in [0.15, 0.2) is 0 Å². The van der Waals surface area contributed by atoms with Gasteiger partial charge in [-0.15, -0.1) is 0 Å². The minimum atomic E-state index is 0.153. The first kappa shape index (κ1) is 12.2. The molecule has 1 aromatic heterocycles. The number of rotatable bonds is 3. The molecule has 0 aliphatic carbocycles. The Morgan fingerprint density at radius 1 is 1.11 bits per heavy atom. The van der Waals surface area contributed by atoms with Gasteiger partial charge in [-0.1, -0.05) is 12.1 Å². The molecule has 0 fully saturated rings. The summed E-state index contributed by atoms with van der Waals surface area (Å²) in [5, 5.41) is 0. The summed E-state index contributed by atoms with van der Waals surface area (Å²) in [6, 6.07) is 7.63. The zero-order valence-corrected chi connectivity index (χ0v) is 10.4. The van der Waals surface area contributed by atoms with Crippen LogP contribution in [0, 0.1) is 0 Å². The Morgan fingerprint density at radius 3 is 2.33 bits per heavy atom. The van der Waals surface area contributed by atoms with Crippen molar-refractivity contribution in [3.05, 3.63) is 30.5 Å². The maximum absolute atomic E-state index is 5.81. The molecule has 0 saturated heterocycles. The number of hydrogen-bond donors (Lipinski definition) is 2. The lowest BCUT2D eigenvalue weighted by Crippen LogP contribution is -2.05. The number of hydrogen-bond acceptors (Lipinski definition) is 5. The predicted molar refractivity (Wildman–Crippen MR) is 72.1 cm³/mol. The van der Waals surface area contributed by atoms with Crippen LogP contribution in [0.15, 0.2) is 30.5 Å². The van der Waals surface area contributed by atoms with Gasteiger partial charge < -0.3 is 16.2 Å². The molecule has 0 aliphatic rings. The molecule has 18 heavy (non-hydrogen) atoms. The van der Waals surface area contributed by atoms with Gasteiger partial charge in [-0.05, 0) is 31.5 Å². The highest BCUT2D eigenvalue weighted by Gasteiger charge is 2.06. The van der Waals surface area contributed by atoms with Gasteiger partial charge in [0.1, 0.15) is 11.6 Å². The van der Waals surface area contributed by atoms with Crippen LogP contribution in [0.3, 0.4) is 0 Å². The molecule has 0 saturated carbocycles. The van der Waals surface area contributed by atoms with Gasteiger partial charge in [0.25, 0.3) is 0 Å². The minimum absolute atomic E-state index is 0.153. The fraction of sp³-hybridized carbons (Fsp3) is 0.231. The van der Waals surface area contributed by atoms with Gasteiger partial charge in [0.2, 0.25) is 5.95 Å². The fourth-order valence-electron chi connectivity index (χ4n) is 1.62. The Labute approximate surface area is 106 Å². The molecule has 0 aliphatic heterocycles. The van der Waals surface area contributed by atoms with Gasteiger partial charge in [-0.3, -0.25) is 0 Å². The molecule has 0 atom stereocenters. The first-order valence-corrected chi connectivity index (χ1v) is 5.71. The molecule has 94 valence electrons. The number of aromatic nitrogens is 2. The molecule has 0 unspecified atom stereocenters. The normalized spacial score (nSPS) is 10.6. The molecule has 2 aromatic rings. The van der Waals surface area contributed by atoms with E-state index in [4.69, 9.17) is 16.2 Å². The van der Waals surface area contributed by atoms with Crippen LogP contribution in [0.2, 0.25) is 0 Å². The van der Waals surface area contributed by atoms with Crippen molar-refractivity contribution in [2.45, 2.75) is 20.0 Å². The topological polar surface area (TPSA) is 87.0 Å². The Kier molecular flexibility index (Phi) is 3.32. The largest absolute Gasteiger partial charge is 0.491 e. The summed E-state index contributed by atoms with van der Waals surface area (Å²) in [5.41, 5.74) is 13.0. The van der Waals surface area contributed by atoms with Crippen LogP contribution in [0.5, 0.6) is 5.75 Å². The highest BCUT2D eigenvalue weighted by molar-refractivity contribution is 5.73. The lowest BCUT2D eigenvalue weighted by atomic mass is 10.1. The molecule has 4 N–H and O–H groups in total. The average molecular weight is 244 g/mol. The number of anilines is 2. The molecular formula is C13H16N4O. The summed E-state index contributed by atoms with van der Waals surface area (Å²) in [6.07, 6.45) is 1.77. The van der Waals surface area contributed by atoms with E-state index in [9.17, 15) is 0 Å². The van der Waals surface area contributed by atoms with Crippen molar-refractivity contribution >= 4 is 11.8 Å². The van der Waals surface area contributed by atoms with Crippen molar-refractivity contribution in [3.8, 4) is 16.9 Å². The Balaban J connectivity index is 2.28. The summed E-state index contributed by atoms with van der Waals surface area (Å²) < 4.78 is 5.57. The summed E-state index contributed by atoms with van der Waals surface area (Å²) in [7, 11) is 0. The molecule has 5 heteroatoms. The minimum Gasteiger partial charge on any atom is -0.491 e. The van der Waals surface area contributed by atoms with Crippen molar-refractivity contribution in [1.82, 2.24) is 9.97 Å². The van der Waals surface area contributed by atoms with Crippen LogP contribution >= 0.6 is 0 Å². The molecule has 2 rings (SSSR count). The van der Waals surface area contributed by atoms with Crippen molar-refractivity contribution in [3.63, 3.8) is 0 Å². The van der Waals surface area contributed by atoms with Crippen molar-refractivity contribution < 1.29 is 4.74 Å². The van der Waals surface area contributed by atoms with Crippen LogP contribution in [-0.4, -0.2) is 16.1 Å². The quantitative estimate of drug-likeness (QED) is 0.863. The van der Waals surface area contributed by atoms with Crippen LogP contribution in [0.25, 0.3) is 11.1 Å². The summed E-state index contributed by atoms with van der Waals surface area (Å²) in [6.45, 7) is 3.97. The molecule has 0 bridgehead atoms. The van der Waals surface area contributed by atoms with Gasteiger partial charge in [-0.25, -0.2) is 4.98 Å². The number of ether oxygens (including phenoxy) is 1. The van der Waals surface area contributed by atoms with E-state index < -0.39 is 0 Å². The van der Waals surface area contributed by atoms with E-state index in [1.165, 1.54) is 0 Å². The Hall–Kier alpha value is -2.30. The fourth-order valence-corrected chi connectivity index (χ4v) is 1.62. The molecule has 0 amide bonds. The van der Waals surface area contributed by atoms with Crippen molar-refractivity contribution in [1.29, 1.82) is 0 Å². The highest BCUT2D eigenvalue weighted by Crippen LogP contribution is 2.26. The number of nitrogens with zero attached hydrogens (tertiary/aromatic N) is 2. The van der Waals surface area contributed by atoms with E-state index in [-0.39, 0.29) is 12.1 Å². The van der Waals surface area contributed by atoms with Crippen LogP contribution < -0.4 is 16.2 Å².